The lowest BCUT2D eigenvalue weighted by molar-refractivity contribution is -0.140. The van der Waals surface area contributed by atoms with Crippen molar-refractivity contribution < 1.29 is 14.4 Å². The average molecular weight is 325 g/mol. The van der Waals surface area contributed by atoms with Gasteiger partial charge in [0, 0.05) is 19.2 Å². The fraction of sp³-hybridized carbons (Fsp3) is 0.444. The fourth-order valence-corrected chi connectivity index (χ4v) is 4.23. The lowest BCUT2D eigenvalue weighted by Crippen LogP contribution is -2.38. The van der Waals surface area contributed by atoms with Crippen LogP contribution in [0.25, 0.3) is 0 Å². The Balaban J connectivity index is 1.40. The van der Waals surface area contributed by atoms with E-state index in [0.29, 0.717) is 5.69 Å². The number of carbonyl (C=O) groups is 3. The first kappa shape index (κ1) is 15.1. The second-order valence-corrected chi connectivity index (χ2v) is 6.71. The smallest absolute Gasteiger partial charge is 0.233 e. The van der Waals surface area contributed by atoms with Crippen LogP contribution in [-0.2, 0) is 14.4 Å². The van der Waals surface area contributed by atoms with E-state index in [2.05, 4.69) is 22.5 Å². The molecular weight excluding hydrogens is 306 g/mol. The molecule has 0 unspecified atom stereocenters. The Kier molecular flexibility index (Phi) is 3.67. The summed E-state index contributed by atoms with van der Waals surface area (Å²) >= 11 is 0. The molecule has 3 aliphatic carbocycles. The van der Waals surface area contributed by atoms with E-state index in [4.69, 9.17) is 0 Å². The van der Waals surface area contributed by atoms with Gasteiger partial charge in [0.05, 0.1) is 23.7 Å². The van der Waals surface area contributed by atoms with Crippen LogP contribution in [0.3, 0.4) is 0 Å². The molecule has 5 rings (SSSR count). The Morgan fingerprint density at radius 1 is 1.17 bits per heavy atom. The number of imide groups is 1. The summed E-state index contributed by atoms with van der Waals surface area (Å²) in [4.78, 5) is 42.6. The number of aromatic nitrogens is 1. The van der Waals surface area contributed by atoms with Crippen LogP contribution in [0, 0.1) is 23.7 Å². The number of carbonyl (C=O) groups excluding carboxylic acids is 3. The maximum atomic E-state index is 12.6. The van der Waals surface area contributed by atoms with Gasteiger partial charge in [-0.05, 0) is 36.8 Å². The molecule has 1 saturated carbocycles. The number of fused-ring (bicyclic) bond motifs is 1. The largest absolute Gasteiger partial charge is 0.325 e. The first-order valence-electron chi connectivity index (χ1n) is 8.38. The standard InChI is InChI=1S/C18H19N3O3/c22-14(20-13-2-1-8-19-10-13)7-9-21-17(23)15-11-3-4-12(6-5-11)16(15)18(21)24/h1-4,8,10-12,15-16H,5-7,9H2,(H,20,22)/t11-,12-,15+,16+/m0/s1. The molecule has 1 N–H and O–H groups in total. The van der Waals surface area contributed by atoms with Gasteiger partial charge in [-0.25, -0.2) is 0 Å². The highest BCUT2D eigenvalue weighted by molar-refractivity contribution is 6.06. The van der Waals surface area contributed by atoms with E-state index in [1.165, 1.54) is 4.90 Å². The maximum absolute atomic E-state index is 12.6. The summed E-state index contributed by atoms with van der Waals surface area (Å²) in [5.41, 5.74) is 0.609. The fourth-order valence-electron chi connectivity index (χ4n) is 4.23. The van der Waals surface area contributed by atoms with Gasteiger partial charge >= 0.3 is 0 Å². The van der Waals surface area contributed by atoms with Crippen molar-refractivity contribution in [3.8, 4) is 0 Å². The van der Waals surface area contributed by atoms with E-state index in [9.17, 15) is 14.4 Å². The minimum absolute atomic E-state index is 0.0989. The van der Waals surface area contributed by atoms with Gasteiger partial charge in [-0.2, -0.15) is 0 Å². The van der Waals surface area contributed by atoms with Crippen molar-refractivity contribution in [3.63, 3.8) is 0 Å². The molecule has 2 fully saturated rings. The van der Waals surface area contributed by atoms with Gasteiger partial charge in [0.2, 0.25) is 17.7 Å². The van der Waals surface area contributed by atoms with Crippen LogP contribution in [0.5, 0.6) is 0 Å². The van der Waals surface area contributed by atoms with Gasteiger partial charge in [0.15, 0.2) is 0 Å². The third-order valence-corrected chi connectivity index (χ3v) is 5.36. The summed E-state index contributed by atoms with van der Waals surface area (Å²) in [6.45, 7) is 0.149. The molecule has 1 aromatic rings. The van der Waals surface area contributed by atoms with Crippen molar-refractivity contribution >= 4 is 23.4 Å². The van der Waals surface area contributed by atoms with Gasteiger partial charge in [0.1, 0.15) is 0 Å². The number of hydrogen-bond donors (Lipinski definition) is 1. The van der Waals surface area contributed by atoms with Crippen LogP contribution in [0.4, 0.5) is 5.69 Å². The second kappa shape index (κ2) is 5.85. The summed E-state index contributed by atoms with van der Waals surface area (Å²) < 4.78 is 0. The summed E-state index contributed by atoms with van der Waals surface area (Å²) in [5, 5.41) is 2.73. The van der Waals surface area contributed by atoms with Crippen LogP contribution < -0.4 is 5.32 Å². The highest BCUT2D eigenvalue weighted by Gasteiger charge is 2.56. The van der Waals surface area contributed by atoms with E-state index in [0.717, 1.165) is 12.8 Å². The van der Waals surface area contributed by atoms with Crippen molar-refractivity contribution in [3.05, 3.63) is 36.7 Å². The molecule has 1 aromatic heterocycles. The molecule has 1 saturated heterocycles. The van der Waals surface area contributed by atoms with Gasteiger partial charge in [0.25, 0.3) is 0 Å². The first-order valence-corrected chi connectivity index (χ1v) is 8.38. The van der Waals surface area contributed by atoms with Crippen molar-refractivity contribution in [2.75, 3.05) is 11.9 Å². The predicted octanol–water partition coefficient (Wildman–Crippen LogP) is 1.61. The third-order valence-electron chi connectivity index (χ3n) is 5.36. The number of allylic oxidation sites excluding steroid dienone is 2. The molecule has 0 aromatic carbocycles. The predicted molar refractivity (Wildman–Crippen MR) is 86.5 cm³/mol. The number of rotatable bonds is 4. The van der Waals surface area contributed by atoms with Gasteiger partial charge < -0.3 is 5.32 Å². The minimum atomic E-state index is -0.223. The molecule has 6 heteroatoms. The third kappa shape index (κ3) is 2.42. The normalized spacial score (nSPS) is 30.6. The Labute approximate surface area is 139 Å². The molecule has 3 amide bonds. The molecule has 0 spiro atoms. The molecular formula is C18H19N3O3. The van der Waals surface area contributed by atoms with Crippen LogP contribution in [0.2, 0.25) is 0 Å². The molecule has 0 radical (unpaired) electrons. The zero-order valence-corrected chi connectivity index (χ0v) is 13.2. The Morgan fingerprint density at radius 3 is 2.38 bits per heavy atom. The quantitative estimate of drug-likeness (QED) is 0.674. The number of anilines is 1. The second-order valence-electron chi connectivity index (χ2n) is 6.71. The van der Waals surface area contributed by atoms with Crippen LogP contribution in [0.15, 0.2) is 36.7 Å². The van der Waals surface area contributed by atoms with E-state index < -0.39 is 0 Å². The van der Waals surface area contributed by atoms with Gasteiger partial charge in [-0.1, -0.05) is 12.2 Å². The molecule has 2 heterocycles. The zero-order valence-electron chi connectivity index (χ0n) is 13.2. The summed E-state index contributed by atoms with van der Waals surface area (Å²) in [5.74, 6) is -0.461. The number of pyridine rings is 1. The molecule has 6 nitrogen and oxygen atoms in total. The SMILES string of the molecule is O=C(CCN1C(=O)[C@H]2[C@H](C1=O)[C@H]1C=C[C@H]2CC1)Nc1cccnc1. The molecule has 1 aliphatic heterocycles. The molecule has 4 atom stereocenters. The highest BCUT2D eigenvalue weighted by atomic mass is 16.2. The van der Waals surface area contributed by atoms with E-state index >= 15 is 0 Å². The van der Waals surface area contributed by atoms with Crippen molar-refractivity contribution in [2.24, 2.45) is 23.7 Å². The zero-order chi connectivity index (χ0) is 16.7. The average Bonchev–Trinajstić information content (AvgIpc) is 2.88. The number of nitrogens with one attached hydrogen (secondary N) is 1. The lowest BCUT2D eigenvalue weighted by atomic mass is 9.63. The topological polar surface area (TPSA) is 79.4 Å². The van der Waals surface area contributed by atoms with Gasteiger partial charge in [-0.15, -0.1) is 0 Å². The monoisotopic (exact) mass is 325 g/mol. The molecule has 4 aliphatic rings. The lowest BCUT2D eigenvalue weighted by Gasteiger charge is -2.38. The van der Waals surface area contributed by atoms with Crippen molar-refractivity contribution in [2.45, 2.75) is 19.3 Å². The maximum Gasteiger partial charge on any atom is 0.233 e. The van der Waals surface area contributed by atoms with E-state index in [1.54, 1.807) is 24.5 Å². The summed E-state index contributed by atoms with van der Waals surface area (Å²) in [6, 6.07) is 3.48. The number of likely N-dealkylation sites (tertiary alicyclic amines) is 1. The molecule has 124 valence electrons. The van der Waals surface area contributed by atoms with Crippen LogP contribution >= 0.6 is 0 Å². The first-order chi connectivity index (χ1) is 11.6. The Morgan fingerprint density at radius 2 is 1.83 bits per heavy atom. The molecule has 24 heavy (non-hydrogen) atoms. The highest BCUT2D eigenvalue weighted by Crippen LogP contribution is 2.49. The van der Waals surface area contributed by atoms with Crippen molar-refractivity contribution in [1.82, 2.24) is 9.88 Å². The Hall–Kier alpha value is -2.50. The Bertz CT molecular complexity index is 683. The number of nitrogens with zero attached hydrogens (tertiary/aromatic N) is 2. The van der Waals surface area contributed by atoms with Crippen LogP contribution in [-0.4, -0.2) is 34.2 Å². The van der Waals surface area contributed by atoms with E-state index in [-0.39, 0.29) is 54.4 Å². The van der Waals surface area contributed by atoms with Crippen LogP contribution in [0.1, 0.15) is 19.3 Å². The summed E-state index contributed by atoms with van der Waals surface area (Å²) in [7, 11) is 0. The van der Waals surface area contributed by atoms with Crippen molar-refractivity contribution in [1.29, 1.82) is 0 Å². The van der Waals surface area contributed by atoms with E-state index in [1.807, 2.05) is 0 Å². The number of hydrogen-bond acceptors (Lipinski definition) is 4. The summed E-state index contributed by atoms with van der Waals surface area (Å²) in [6.07, 6.45) is 9.45. The minimum Gasteiger partial charge on any atom is -0.325 e. The molecule has 2 bridgehead atoms. The van der Waals surface area contributed by atoms with Gasteiger partial charge in [-0.3, -0.25) is 24.3 Å². The number of amides is 3.